The number of ether oxygens (including phenoxy) is 1. The van der Waals surface area contributed by atoms with Gasteiger partial charge in [-0.3, -0.25) is 0 Å². The van der Waals surface area contributed by atoms with Crippen LogP contribution in [0.1, 0.15) is 12.0 Å². The zero-order valence-electron chi connectivity index (χ0n) is 10.1. The second-order valence-electron chi connectivity index (χ2n) is 4.01. The van der Waals surface area contributed by atoms with Gasteiger partial charge in [-0.15, -0.1) is 0 Å². The summed E-state index contributed by atoms with van der Waals surface area (Å²) in [5, 5.41) is 0. The van der Waals surface area contributed by atoms with E-state index in [0.717, 1.165) is 28.8 Å². The lowest BCUT2D eigenvalue weighted by Gasteiger charge is -2.11. The maximum absolute atomic E-state index is 5.66. The molecule has 0 fully saturated rings. The second-order valence-corrected chi connectivity index (χ2v) is 5.31. The first kappa shape index (κ1) is 14.4. The fourth-order valence-electron chi connectivity index (χ4n) is 1.33. The molecule has 0 aliphatic carbocycles. The minimum absolute atomic E-state index is 0.393. The van der Waals surface area contributed by atoms with Gasteiger partial charge in [-0.05, 0) is 54.6 Å². The first-order valence-corrected chi connectivity index (χ1v) is 6.57. The molecule has 0 amide bonds. The van der Waals surface area contributed by atoms with E-state index in [0.29, 0.717) is 11.6 Å². The number of nitrogens with two attached hydrogens (primary N) is 1. The smallest absolute Gasteiger partial charge is 0.133 e. The van der Waals surface area contributed by atoms with Crippen molar-refractivity contribution in [1.82, 2.24) is 4.90 Å². The maximum atomic E-state index is 5.66. The monoisotopic (exact) mass is 316 g/mol. The molecule has 0 spiro atoms. The van der Waals surface area contributed by atoms with Crippen molar-refractivity contribution < 1.29 is 4.74 Å². The van der Waals surface area contributed by atoms with Crippen LogP contribution in [0.25, 0.3) is 0 Å². The van der Waals surface area contributed by atoms with Crippen molar-refractivity contribution in [3.63, 3.8) is 0 Å². The molecule has 0 heterocycles. The molecule has 0 atom stereocenters. The fourth-order valence-corrected chi connectivity index (χ4v) is 1.95. The van der Waals surface area contributed by atoms with Crippen molar-refractivity contribution in [1.29, 1.82) is 0 Å². The summed E-state index contributed by atoms with van der Waals surface area (Å²) in [6, 6.07) is 5.63. The molecule has 17 heavy (non-hydrogen) atoms. The van der Waals surface area contributed by atoms with Crippen LogP contribution in [-0.2, 0) is 0 Å². The predicted octanol–water partition coefficient (Wildman–Crippen LogP) is 2.41. The van der Waals surface area contributed by atoms with Crippen molar-refractivity contribution in [2.75, 3.05) is 27.2 Å². The third-order valence-electron chi connectivity index (χ3n) is 2.22. The Kier molecular flexibility index (Phi) is 5.88. The molecule has 0 unspecified atom stereocenters. The van der Waals surface area contributed by atoms with E-state index in [1.807, 2.05) is 32.3 Å². The Morgan fingerprint density at radius 3 is 2.71 bits per heavy atom. The lowest BCUT2D eigenvalue weighted by Crippen LogP contribution is -2.15. The summed E-state index contributed by atoms with van der Waals surface area (Å²) in [5.41, 5.74) is 6.39. The summed E-state index contributed by atoms with van der Waals surface area (Å²) >= 11 is 8.36. The zero-order valence-corrected chi connectivity index (χ0v) is 12.5. The van der Waals surface area contributed by atoms with Crippen LogP contribution < -0.4 is 10.5 Å². The highest BCUT2D eigenvalue weighted by molar-refractivity contribution is 9.10. The van der Waals surface area contributed by atoms with Crippen LogP contribution in [0.15, 0.2) is 22.7 Å². The largest absolute Gasteiger partial charge is 0.492 e. The molecule has 0 aliphatic rings. The molecular formula is C12H17BrN2OS. The van der Waals surface area contributed by atoms with Crippen molar-refractivity contribution in [3.05, 3.63) is 28.2 Å². The third-order valence-corrected chi connectivity index (χ3v) is 3.08. The van der Waals surface area contributed by atoms with E-state index in [9.17, 15) is 0 Å². The molecule has 0 saturated heterocycles. The van der Waals surface area contributed by atoms with Crippen molar-refractivity contribution in [2.45, 2.75) is 6.42 Å². The number of rotatable bonds is 6. The molecule has 5 heteroatoms. The number of benzene rings is 1. The molecule has 0 bridgehead atoms. The van der Waals surface area contributed by atoms with Gasteiger partial charge >= 0.3 is 0 Å². The molecule has 1 aromatic rings. The Morgan fingerprint density at radius 1 is 1.47 bits per heavy atom. The lowest BCUT2D eigenvalue weighted by molar-refractivity contribution is 0.280. The van der Waals surface area contributed by atoms with Gasteiger partial charge in [-0.25, -0.2) is 0 Å². The Labute approximate surface area is 116 Å². The number of hydrogen-bond donors (Lipinski definition) is 1. The Morgan fingerprint density at radius 2 is 2.18 bits per heavy atom. The van der Waals surface area contributed by atoms with Crippen LogP contribution in [-0.4, -0.2) is 37.1 Å². The molecule has 94 valence electrons. The van der Waals surface area contributed by atoms with Crippen molar-refractivity contribution in [3.8, 4) is 5.75 Å². The zero-order chi connectivity index (χ0) is 12.8. The number of halogens is 1. The lowest BCUT2D eigenvalue weighted by atomic mass is 10.2. The molecular weight excluding hydrogens is 300 g/mol. The van der Waals surface area contributed by atoms with E-state index >= 15 is 0 Å². The van der Waals surface area contributed by atoms with Gasteiger partial charge in [0.05, 0.1) is 11.1 Å². The Balaban J connectivity index is 2.52. The first-order valence-electron chi connectivity index (χ1n) is 5.37. The van der Waals surface area contributed by atoms with E-state index in [1.165, 1.54) is 0 Å². The SMILES string of the molecule is CN(C)CCCOc1ccc(C(N)=S)cc1Br. The predicted molar refractivity (Wildman–Crippen MR) is 78.7 cm³/mol. The Bertz CT molecular complexity index is 396. The van der Waals surface area contributed by atoms with Gasteiger partial charge in [0.1, 0.15) is 10.7 Å². The van der Waals surface area contributed by atoms with Crippen molar-refractivity contribution in [2.24, 2.45) is 5.73 Å². The molecule has 1 rings (SSSR count). The van der Waals surface area contributed by atoms with Crippen LogP contribution in [0.4, 0.5) is 0 Å². The highest BCUT2D eigenvalue weighted by Crippen LogP contribution is 2.26. The van der Waals surface area contributed by atoms with Gasteiger partial charge in [0, 0.05) is 12.1 Å². The van der Waals surface area contributed by atoms with Crippen LogP contribution >= 0.6 is 28.1 Å². The average Bonchev–Trinajstić information content (AvgIpc) is 2.25. The number of hydrogen-bond acceptors (Lipinski definition) is 3. The molecule has 0 saturated carbocycles. The van der Waals surface area contributed by atoms with Gasteiger partial charge in [-0.1, -0.05) is 12.2 Å². The summed E-state index contributed by atoms with van der Waals surface area (Å²) in [4.78, 5) is 2.53. The summed E-state index contributed by atoms with van der Waals surface area (Å²) in [5.74, 6) is 0.823. The third kappa shape index (κ3) is 5.02. The molecule has 3 nitrogen and oxygen atoms in total. The quantitative estimate of drug-likeness (QED) is 0.646. The normalized spacial score (nSPS) is 10.6. The first-order chi connectivity index (χ1) is 8.00. The average molecular weight is 317 g/mol. The molecule has 0 radical (unpaired) electrons. The number of nitrogens with zero attached hydrogens (tertiary/aromatic N) is 1. The molecule has 0 aliphatic heterocycles. The minimum atomic E-state index is 0.393. The second kappa shape index (κ2) is 6.93. The van der Waals surface area contributed by atoms with E-state index in [2.05, 4.69) is 20.8 Å². The van der Waals surface area contributed by atoms with Gasteiger partial charge in [0.25, 0.3) is 0 Å². The van der Waals surface area contributed by atoms with Gasteiger partial charge < -0.3 is 15.4 Å². The number of thiocarbonyl (C=S) groups is 1. The topological polar surface area (TPSA) is 38.5 Å². The van der Waals surface area contributed by atoms with E-state index in [1.54, 1.807) is 0 Å². The van der Waals surface area contributed by atoms with E-state index < -0.39 is 0 Å². The summed E-state index contributed by atoms with van der Waals surface area (Å²) < 4.78 is 6.55. The van der Waals surface area contributed by atoms with Gasteiger partial charge in [0.2, 0.25) is 0 Å². The molecule has 1 aromatic carbocycles. The van der Waals surface area contributed by atoms with E-state index in [4.69, 9.17) is 22.7 Å². The van der Waals surface area contributed by atoms with Crippen LogP contribution in [0, 0.1) is 0 Å². The maximum Gasteiger partial charge on any atom is 0.133 e. The van der Waals surface area contributed by atoms with E-state index in [-0.39, 0.29) is 0 Å². The highest BCUT2D eigenvalue weighted by Gasteiger charge is 2.04. The standard InChI is InChI=1S/C12H17BrN2OS/c1-15(2)6-3-7-16-11-5-4-9(12(14)17)8-10(11)13/h4-5,8H,3,6-7H2,1-2H3,(H2,14,17). The van der Waals surface area contributed by atoms with Gasteiger partial charge in [0.15, 0.2) is 0 Å². The van der Waals surface area contributed by atoms with Crippen LogP contribution in [0.5, 0.6) is 5.75 Å². The summed E-state index contributed by atoms with van der Waals surface area (Å²) in [6.07, 6.45) is 0.997. The van der Waals surface area contributed by atoms with Crippen molar-refractivity contribution >= 4 is 33.1 Å². The molecule has 2 N–H and O–H groups in total. The fraction of sp³-hybridized carbons (Fsp3) is 0.417. The van der Waals surface area contributed by atoms with Crippen LogP contribution in [0.3, 0.4) is 0 Å². The Hall–Kier alpha value is -0.650. The summed E-state index contributed by atoms with van der Waals surface area (Å²) in [7, 11) is 4.10. The summed E-state index contributed by atoms with van der Waals surface area (Å²) in [6.45, 7) is 1.71. The molecule has 0 aromatic heterocycles. The van der Waals surface area contributed by atoms with Gasteiger partial charge in [-0.2, -0.15) is 0 Å². The minimum Gasteiger partial charge on any atom is -0.492 e. The van der Waals surface area contributed by atoms with Crippen LogP contribution in [0.2, 0.25) is 0 Å². The highest BCUT2D eigenvalue weighted by atomic mass is 79.9.